The first kappa shape index (κ1) is 31.2. The van der Waals surface area contributed by atoms with Crippen molar-refractivity contribution in [1.82, 2.24) is 15.1 Å². The lowest BCUT2D eigenvalue weighted by molar-refractivity contribution is -0.192. The number of carbonyl (C=O) groups excluding carboxylic acids is 1. The highest BCUT2D eigenvalue weighted by atomic mass is 19.4. The van der Waals surface area contributed by atoms with Crippen molar-refractivity contribution in [3.05, 3.63) is 83.0 Å². The van der Waals surface area contributed by atoms with Crippen LogP contribution in [0.5, 0.6) is 5.75 Å². The molecule has 1 aromatic heterocycles. The Morgan fingerprint density at radius 1 is 1.07 bits per heavy atom. The fourth-order valence-electron chi connectivity index (χ4n) is 6.39. The summed E-state index contributed by atoms with van der Waals surface area (Å²) in [7, 11) is 1.66. The number of aromatic amines is 1. The van der Waals surface area contributed by atoms with E-state index in [1.807, 2.05) is 18.2 Å². The molecule has 240 valence electrons. The van der Waals surface area contributed by atoms with E-state index in [9.17, 15) is 18.0 Å². The summed E-state index contributed by atoms with van der Waals surface area (Å²) in [5, 5.41) is 19.1. The first-order valence-corrected chi connectivity index (χ1v) is 15.1. The van der Waals surface area contributed by atoms with Gasteiger partial charge in [-0.3, -0.25) is 9.89 Å². The molecule has 1 amide bonds. The Morgan fingerprint density at radius 3 is 2.43 bits per heavy atom. The van der Waals surface area contributed by atoms with Gasteiger partial charge in [-0.05, 0) is 72.1 Å². The third-order valence-electron chi connectivity index (χ3n) is 9.09. The van der Waals surface area contributed by atoms with E-state index in [1.165, 1.54) is 5.69 Å². The molecule has 1 saturated carbocycles. The number of methoxy groups -OCH3 is 1. The number of carboxylic acid groups (broad SMARTS) is 1. The van der Waals surface area contributed by atoms with Gasteiger partial charge in [0.1, 0.15) is 5.75 Å². The molecule has 12 heteroatoms. The van der Waals surface area contributed by atoms with Gasteiger partial charge in [0.25, 0.3) is 0 Å². The van der Waals surface area contributed by atoms with Gasteiger partial charge in [-0.1, -0.05) is 37.3 Å². The molecule has 3 aromatic carbocycles. The highest BCUT2D eigenvalue weighted by Crippen LogP contribution is 2.65. The van der Waals surface area contributed by atoms with Crippen LogP contribution in [0.4, 0.5) is 24.5 Å². The first-order valence-electron chi connectivity index (χ1n) is 15.1. The number of H-pyrrole nitrogens is 1. The Hall–Kier alpha value is -4.84. The highest BCUT2D eigenvalue weighted by molar-refractivity contribution is 6.10. The number of amides is 1. The minimum Gasteiger partial charge on any atom is -0.497 e. The van der Waals surface area contributed by atoms with E-state index in [2.05, 4.69) is 86.9 Å². The van der Waals surface area contributed by atoms with Crippen LogP contribution in [0.1, 0.15) is 41.6 Å². The van der Waals surface area contributed by atoms with Crippen molar-refractivity contribution in [2.24, 2.45) is 0 Å². The van der Waals surface area contributed by atoms with E-state index in [4.69, 9.17) is 14.6 Å². The number of aromatic nitrogens is 2. The second kappa shape index (κ2) is 12.2. The van der Waals surface area contributed by atoms with Crippen LogP contribution in [-0.4, -0.2) is 78.1 Å². The summed E-state index contributed by atoms with van der Waals surface area (Å²) in [4.78, 5) is 26.9. The lowest BCUT2D eigenvalue weighted by Gasteiger charge is -2.35. The van der Waals surface area contributed by atoms with Crippen LogP contribution < -0.4 is 15.0 Å². The summed E-state index contributed by atoms with van der Waals surface area (Å²) in [6.07, 6.45) is -0.0971. The maximum absolute atomic E-state index is 13.0. The molecule has 1 saturated heterocycles. The zero-order chi connectivity index (χ0) is 32.6. The number of fused-ring (bicyclic) bond motifs is 3. The number of carbonyl (C=O) groups is 2. The molecule has 4 aromatic rings. The number of nitrogens with zero attached hydrogens (tertiary/aromatic N) is 3. The van der Waals surface area contributed by atoms with Gasteiger partial charge in [-0.15, -0.1) is 0 Å². The maximum Gasteiger partial charge on any atom is 0.490 e. The normalized spacial score (nSPS) is 20.8. The number of carboxylic acids is 1. The Kier molecular flexibility index (Phi) is 8.24. The van der Waals surface area contributed by atoms with Crippen molar-refractivity contribution in [2.45, 2.75) is 30.9 Å². The van der Waals surface area contributed by atoms with Crippen LogP contribution in [0.3, 0.4) is 0 Å². The molecule has 2 atom stereocenters. The molecular weight excluding hydrogens is 599 g/mol. The summed E-state index contributed by atoms with van der Waals surface area (Å²) in [5.74, 6) is -1.76. The number of likely N-dealkylation sites (N-methyl/N-ethyl adjacent to an activating group) is 1. The largest absolute Gasteiger partial charge is 0.497 e. The lowest BCUT2D eigenvalue weighted by Crippen LogP contribution is -2.46. The predicted molar refractivity (Wildman–Crippen MR) is 170 cm³/mol. The number of hydrogen-bond acceptors (Lipinski definition) is 6. The van der Waals surface area contributed by atoms with Gasteiger partial charge in [-0.25, -0.2) is 4.79 Å². The second-order valence-electron chi connectivity index (χ2n) is 11.7. The SMILES string of the molecule is CCN1CCN(c2ccc(/C=C/c3n[nH]c4cc([C@@H]5C[C@@]56C(=O)Nc5ccc(OC)cc56)ccc34)cc2)CC1.O=C(O)C(F)(F)F. The number of piperazine rings is 1. The third-order valence-corrected chi connectivity index (χ3v) is 9.09. The first-order chi connectivity index (χ1) is 22.0. The van der Waals surface area contributed by atoms with E-state index in [0.717, 1.165) is 83.9 Å². The molecule has 7 rings (SSSR count). The number of anilines is 2. The molecule has 1 spiro atoms. The molecule has 1 aliphatic carbocycles. The Bertz CT molecular complexity index is 1790. The van der Waals surface area contributed by atoms with Crippen LogP contribution >= 0.6 is 0 Å². The summed E-state index contributed by atoms with van der Waals surface area (Å²) in [6.45, 7) is 7.78. The standard InChI is InChI=1S/C32H33N5O2.C2HF3O2/c1-3-36-14-16-37(17-15-36)23-8-4-21(5-9-23)6-12-28-25-11-7-22(18-30(25)35-34-28)27-20-32(27)26-19-24(39-2)10-13-29(26)33-31(32)38;3-2(4,5)1(6)7/h4-13,18-19,27H,3,14-17,20H2,1-2H3,(H,33,38)(H,34,35);(H,6,7)/b12-6+;/t27-,32-;/m0./s1. The van der Waals surface area contributed by atoms with Gasteiger partial charge in [0.15, 0.2) is 0 Å². The topological polar surface area (TPSA) is 111 Å². The minimum atomic E-state index is -5.08. The monoisotopic (exact) mass is 633 g/mol. The number of aliphatic carboxylic acids is 1. The predicted octanol–water partition coefficient (Wildman–Crippen LogP) is 5.89. The van der Waals surface area contributed by atoms with E-state index in [1.54, 1.807) is 7.11 Å². The summed E-state index contributed by atoms with van der Waals surface area (Å²) < 4.78 is 37.2. The van der Waals surface area contributed by atoms with Crippen molar-refractivity contribution in [3.8, 4) is 5.75 Å². The van der Waals surface area contributed by atoms with Crippen LogP contribution in [0.2, 0.25) is 0 Å². The number of alkyl halides is 3. The summed E-state index contributed by atoms with van der Waals surface area (Å²) in [5.41, 5.74) is 6.93. The van der Waals surface area contributed by atoms with Crippen molar-refractivity contribution >= 4 is 46.3 Å². The zero-order valence-electron chi connectivity index (χ0n) is 25.4. The number of nitrogens with one attached hydrogen (secondary N) is 2. The number of hydrogen-bond donors (Lipinski definition) is 3. The molecule has 3 aliphatic rings. The number of benzene rings is 3. The number of ether oxygens (including phenoxy) is 1. The van der Waals surface area contributed by atoms with E-state index >= 15 is 0 Å². The fourth-order valence-corrected chi connectivity index (χ4v) is 6.39. The molecule has 3 N–H and O–H groups in total. The molecule has 0 radical (unpaired) electrons. The Morgan fingerprint density at radius 2 is 1.78 bits per heavy atom. The molecule has 0 unspecified atom stereocenters. The van der Waals surface area contributed by atoms with E-state index < -0.39 is 17.6 Å². The van der Waals surface area contributed by atoms with E-state index in [0.29, 0.717) is 0 Å². The van der Waals surface area contributed by atoms with Gasteiger partial charge >= 0.3 is 12.1 Å². The van der Waals surface area contributed by atoms with Crippen molar-refractivity contribution < 1.29 is 32.6 Å². The van der Waals surface area contributed by atoms with Crippen LogP contribution in [0.15, 0.2) is 60.7 Å². The minimum absolute atomic E-state index is 0.0818. The van der Waals surface area contributed by atoms with Gasteiger partial charge in [0, 0.05) is 48.9 Å². The van der Waals surface area contributed by atoms with Crippen molar-refractivity contribution in [2.75, 3.05) is 50.1 Å². The van der Waals surface area contributed by atoms with Gasteiger partial charge in [-0.2, -0.15) is 18.3 Å². The Labute approximate surface area is 263 Å². The average molecular weight is 634 g/mol. The third kappa shape index (κ3) is 5.92. The van der Waals surface area contributed by atoms with Gasteiger partial charge < -0.3 is 25.0 Å². The Balaban J connectivity index is 0.000000480. The average Bonchev–Trinajstić information content (AvgIpc) is 3.60. The molecule has 2 aliphatic heterocycles. The fraction of sp³-hybridized carbons (Fsp3) is 0.324. The zero-order valence-corrected chi connectivity index (χ0v) is 25.4. The lowest BCUT2D eigenvalue weighted by atomic mass is 9.91. The molecule has 3 heterocycles. The molecule has 0 bridgehead atoms. The van der Waals surface area contributed by atoms with Crippen LogP contribution in [0.25, 0.3) is 23.1 Å². The molecular formula is C34H34F3N5O4. The van der Waals surface area contributed by atoms with Crippen molar-refractivity contribution in [1.29, 1.82) is 0 Å². The molecule has 2 fully saturated rings. The maximum atomic E-state index is 13.0. The van der Waals surface area contributed by atoms with Crippen molar-refractivity contribution in [3.63, 3.8) is 0 Å². The number of rotatable bonds is 6. The van der Waals surface area contributed by atoms with Crippen LogP contribution in [-0.2, 0) is 15.0 Å². The number of halogens is 3. The van der Waals surface area contributed by atoms with E-state index in [-0.39, 0.29) is 11.8 Å². The van der Waals surface area contributed by atoms with Gasteiger partial charge in [0.05, 0.1) is 23.7 Å². The summed E-state index contributed by atoms with van der Waals surface area (Å²) in [6, 6.07) is 21.0. The molecule has 46 heavy (non-hydrogen) atoms. The van der Waals surface area contributed by atoms with Crippen LogP contribution in [0, 0.1) is 0 Å². The quantitative estimate of drug-likeness (QED) is 0.243. The smallest absolute Gasteiger partial charge is 0.490 e. The second-order valence-corrected chi connectivity index (χ2v) is 11.7. The highest BCUT2D eigenvalue weighted by Gasteiger charge is 2.65. The molecule has 9 nitrogen and oxygen atoms in total. The summed E-state index contributed by atoms with van der Waals surface area (Å²) >= 11 is 0. The van der Waals surface area contributed by atoms with Gasteiger partial charge in [0.2, 0.25) is 5.91 Å².